The van der Waals surface area contributed by atoms with Crippen LogP contribution in [-0.4, -0.2) is 24.7 Å². The molecule has 0 aromatic rings. The van der Waals surface area contributed by atoms with Gasteiger partial charge in [0.2, 0.25) is 0 Å². The average Bonchev–Trinajstić information content (AvgIpc) is 2.52. The van der Waals surface area contributed by atoms with Crippen LogP contribution < -0.4 is 0 Å². The molecule has 1 fully saturated rings. The first-order valence-electron chi connectivity index (χ1n) is 4.16. The number of carbonyl (C=O) groups is 1. The van der Waals surface area contributed by atoms with Crippen LogP contribution >= 0.6 is 11.8 Å². The molecule has 0 bridgehead atoms. The Hall–Kier alpha value is -0.280. The first-order valence-corrected chi connectivity index (χ1v) is 5.38. The van der Waals surface area contributed by atoms with Crippen LogP contribution in [0.4, 0.5) is 0 Å². The molecule has 0 N–H and O–H groups in total. The fourth-order valence-corrected chi connectivity index (χ4v) is 2.75. The highest BCUT2D eigenvalue weighted by Gasteiger charge is 2.39. The second-order valence-electron chi connectivity index (χ2n) is 3.31. The van der Waals surface area contributed by atoms with Crippen LogP contribution in [0.3, 0.4) is 0 Å². The zero-order valence-electron chi connectivity index (χ0n) is 7.29. The van der Waals surface area contributed by atoms with Crippen molar-refractivity contribution in [1.82, 2.24) is 0 Å². The molecule has 66 valence electrons. The fraction of sp³-hybridized carbons (Fsp3) is 0.667. The van der Waals surface area contributed by atoms with Gasteiger partial charge in [0.25, 0.3) is 0 Å². The molecule has 1 aliphatic heterocycles. The van der Waals surface area contributed by atoms with E-state index < -0.39 is 0 Å². The van der Waals surface area contributed by atoms with Gasteiger partial charge in [-0.15, -0.1) is 11.8 Å². The molecule has 3 heteroatoms. The molecule has 0 spiro atoms. The molecule has 0 amide bonds. The lowest BCUT2D eigenvalue weighted by atomic mass is 10.00. The van der Waals surface area contributed by atoms with Crippen molar-refractivity contribution in [3.63, 3.8) is 0 Å². The van der Waals surface area contributed by atoms with Crippen LogP contribution in [0.5, 0.6) is 0 Å². The van der Waals surface area contributed by atoms with Gasteiger partial charge in [-0.25, -0.2) is 0 Å². The van der Waals surface area contributed by atoms with Gasteiger partial charge >= 0.3 is 0 Å². The Morgan fingerprint density at radius 2 is 2.33 bits per heavy atom. The van der Waals surface area contributed by atoms with E-state index in [0.29, 0.717) is 24.7 Å². The van der Waals surface area contributed by atoms with Gasteiger partial charge in [0.05, 0.1) is 17.6 Å². The van der Waals surface area contributed by atoms with E-state index in [1.54, 1.807) is 11.8 Å². The molecule has 1 heterocycles. The van der Waals surface area contributed by atoms with E-state index in [4.69, 9.17) is 4.74 Å². The zero-order chi connectivity index (χ0) is 8.72. The van der Waals surface area contributed by atoms with Crippen molar-refractivity contribution in [3.05, 3.63) is 10.5 Å². The number of Topliss-reactive ketones (excluding diaryl/α,β-unsaturated/α-hetero) is 1. The minimum atomic E-state index is 0.244. The lowest BCUT2D eigenvalue weighted by Gasteiger charge is -2.07. The van der Waals surface area contributed by atoms with Crippen LogP contribution in [0.1, 0.15) is 13.3 Å². The highest BCUT2D eigenvalue weighted by Crippen LogP contribution is 2.41. The highest BCUT2D eigenvalue weighted by atomic mass is 32.2. The van der Waals surface area contributed by atoms with E-state index in [2.05, 4.69) is 0 Å². The van der Waals surface area contributed by atoms with E-state index in [9.17, 15) is 4.79 Å². The quantitative estimate of drug-likeness (QED) is 0.619. The third-order valence-corrected chi connectivity index (χ3v) is 3.57. The minimum absolute atomic E-state index is 0.244. The highest BCUT2D eigenvalue weighted by molar-refractivity contribution is 8.03. The SMILES string of the molecule is CSC1=C2CO[C@@H](C)[C@H]2CC1=O. The maximum absolute atomic E-state index is 11.4. The Morgan fingerprint density at radius 3 is 3.00 bits per heavy atom. The van der Waals surface area contributed by atoms with Crippen molar-refractivity contribution < 1.29 is 9.53 Å². The molecule has 0 aromatic carbocycles. The van der Waals surface area contributed by atoms with Crippen LogP contribution in [-0.2, 0) is 9.53 Å². The summed E-state index contributed by atoms with van der Waals surface area (Å²) in [6.07, 6.45) is 2.88. The topological polar surface area (TPSA) is 26.3 Å². The second-order valence-corrected chi connectivity index (χ2v) is 4.12. The molecule has 12 heavy (non-hydrogen) atoms. The Morgan fingerprint density at radius 1 is 1.58 bits per heavy atom. The van der Waals surface area contributed by atoms with Crippen molar-refractivity contribution in [3.8, 4) is 0 Å². The van der Waals surface area contributed by atoms with Crippen molar-refractivity contribution in [2.75, 3.05) is 12.9 Å². The van der Waals surface area contributed by atoms with Crippen LogP contribution in [0.25, 0.3) is 0 Å². The van der Waals surface area contributed by atoms with Crippen LogP contribution in [0, 0.1) is 5.92 Å². The minimum Gasteiger partial charge on any atom is -0.373 e. The molecule has 2 nitrogen and oxygen atoms in total. The summed E-state index contributed by atoms with van der Waals surface area (Å²) in [7, 11) is 0. The van der Waals surface area contributed by atoms with E-state index in [1.165, 1.54) is 5.57 Å². The van der Waals surface area contributed by atoms with E-state index in [1.807, 2.05) is 13.2 Å². The molecule has 0 saturated carbocycles. The summed E-state index contributed by atoms with van der Waals surface area (Å²) in [5, 5.41) is 0. The smallest absolute Gasteiger partial charge is 0.169 e. The molecule has 1 aliphatic carbocycles. The Bertz CT molecular complexity index is 257. The summed E-state index contributed by atoms with van der Waals surface area (Å²) in [4.78, 5) is 12.4. The van der Waals surface area contributed by atoms with Crippen molar-refractivity contribution in [2.24, 2.45) is 5.92 Å². The largest absolute Gasteiger partial charge is 0.373 e. The standard InChI is InChI=1S/C9H12O2S/c1-5-6-3-8(10)9(12-2)7(6)4-11-5/h5-6H,3-4H2,1-2H3/t5-,6+/m0/s1. The normalized spacial score (nSPS) is 34.7. The van der Waals surface area contributed by atoms with Gasteiger partial charge in [0, 0.05) is 12.3 Å². The Balaban J connectivity index is 2.34. The van der Waals surface area contributed by atoms with Gasteiger partial charge in [-0.3, -0.25) is 4.79 Å². The Kier molecular flexibility index (Phi) is 2.00. The average molecular weight is 184 g/mol. The first-order chi connectivity index (χ1) is 5.74. The predicted octanol–water partition coefficient (Wildman–Crippen LogP) is 1.61. The lowest BCUT2D eigenvalue weighted by molar-refractivity contribution is -0.115. The molecule has 2 rings (SSSR count). The summed E-state index contributed by atoms with van der Waals surface area (Å²) in [5.74, 6) is 0.706. The van der Waals surface area contributed by atoms with Crippen molar-refractivity contribution >= 4 is 17.5 Å². The monoisotopic (exact) mass is 184 g/mol. The van der Waals surface area contributed by atoms with E-state index in [-0.39, 0.29) is 6.10 Å². The van der Waals surface area contributed by atoms with Gasteiger partial charge in [-0.05, 0) is 18.8 Å². The lowest BCUT2D eigenvalue weighted by Crippen LogP contribution is -2.11. The molecular formula is C9H12O2S. The number of carbonyl (C=O) groups excluding carboxylic acids is 1. The number of fused-ring (bicyclic) bond motifs is 1. The number of hydrogen-bond acceptors (Lipinski definition) is 3. The first kappa shape index (κ1) is 8.32. The van der Waals surface area contributed by atoms with Crippen molar-refractivity contribution in [2.45, 2.75) is 19.4 Å². The third-order valence-electron chi connectivity index (χ3n) is 2.67. The molecule has 1 saturated heterocycles. The van der Waals surface area contributed by atoms with Crippen LogP contribution in [0.15, 0.2) is 10.5 Å². The van der Waals surface area contributed by atoms with Crippen LogP contribution in [0.2, 0.25) is 0 Å². The molecule has 0 unspecified atom stereocenters. The summed E-state index contributed by atoms with van der Waals surface area (Å²) in [6.45, 7) is 2.72. The van der Waals surface area contributed by atoms with Gasteiger partial charge in [0.1, 0.15) is 0 Å². The number of rotatable bonds is 1. The van der Waals surface area contributed by atoms with E-state index >= 15 is 0 Å². The summed E-state index contributed by atoms with van der Waals surface area (Å²) in [6, 6.07) is 0. The predicted molar refractivity (Wildman–Crippen MR) is 49.1 cm³/mol. The number of ketones is 1. The number of ether oxygens (including phenoxy) is 1. The second kappa shape index (κ2) is 2.89. The molecule has 2 atom stereocenters. The Labute approximate surface area is 76.4 Å². The molecule has 0 aromatic heterocycles. The zero-order valence-corrected chi connectivity index (χ0v) is 8.11. The van der Waals surface area contributed by atoms with Gasteiger partial charge in [-0.2, -0.15) is 0 Å². The molecule has 0 radical (unpaired) electrons. The summed E-state index contributed by atoms with van der Waals surface area (Å²) >= 11 is 1.57. The van der Waals surface area contributed by atoms with E-state index in [0.717, 1.165) is 4.91 Å². The summed E-state index contributed by atoms with van der Waals surface area (Å²) < 4.78 is 5.48. The molecular weight excluding hydrogens is 172 g/mol. The van der Waals surface area contributed by atoms with Gasteiger partial charge in [0.15, 0.2) is 5.78 Å². The van der Waals surface area contributed by atoms with Gasteiger partial charge < -0.3 is 4.74 Å². The molecule has 2 aliphatic rings. The third kappa shape index (κ3) is 1.04. The number of thioether (sulfide) groups is 1. The fourth-order valence-electron chi connectivity index (χ4n) is 1.97. The van der Waals surface area contributed by atoms with Gasteiger partial charge in [-0.1, -0.05) is 0 Å². The number of allylic oxidation sites excluding steroid dienone is 1. The number of hydrogen-bond donors (Lipinski definition) is 0. The van der Waals surface area contributed by atoms with Crippen molar-refractivity contribution in [1.29, 1.82) is 0 Å². The maximum atomic E-state index is 11.4. The summed E-state index contributed by atoms with van der Waals surface area (Å²) in [5.41, 5.74) is 1.25. The maximum Gasteiger partial charge on any atom is 0.169 e.